The van der Waals surface area contributed by atoms with Gasteiger partial charge in [-0.15, -0.1) is 12.4 Å². The summed E-state index contributed by atoms with van der Waals surface area (Å²) in [6.07, 6.45) is 6.06. The topological polar surface area (TPSA) is 36.0 Å². The molecule has 4 aliphatic rings. The maximum absolute atomic E-state index is 13.3. The van der Waals surface area contributed by atoms with E-state index < -0.39 is 0 Å². The van der Waals surface area contributed by atoms with Crippen LogP contribution in [0.2, 0.25) is 5.02 Å². The number of nitrogens with zero attached hydrogens (tertiary/aromatic N) is 3. The number of hydrogen-bond acceptors (Lipinski definition) is 3. The van der Waals surface area contributed by atoms with Crippen LogP contribution >= 0.6 is 24.0 Å². The molecule has 142 valence electrons. The Kier molecular flexibility index (Phi) is 4.74. The van der Waals surface area contributed by atoms with E-state index in [0.29, 0.717) is 29.8 Å². The number of carbonyl (C=O) groups excluding carboxylic acids is 1. The first kappa shape index (κ1) is 18.2. The Morgan fingerprint density at radius 1 is 1.12 bits per heavy atom. The lowest BCUT2D eigenvalue weighted by Crippen LogP contribution is -2.56. The van der Waals surface area contributed by atoms with Crippen LogP contribution in [-0.2, 0) is 0 Å². The summed E-state index contributed by atoms with van der Waals surface area (Å²) in [4.78, 5) is 19.8. The van der Waals surface area contributed by atoms with Crippen molar-refractivity contribution in [2.75, 3.05) is 25.1 Å². The average Bonchev–Trinajstić information content (AvgIpc) is 2.92. The zero-order valence-corrected chi connectivity index (χ0v) is 16.5. The number of urea groups is 1. The molecule has 1 aromatic rings. The Balaban J connectivity index is 0.00000168. The fourth-order valence-corrected chi connectivity index (χ4v) is 5.41. The van der Waals surface area contributed by atoms with Crippen molar-refractivity contribution in [1.82, 2.24) is 9.80 Å². The van der Waals surface area contributed by atoms with Gasteiger partial charge in [-0.1, -0.05) is 18.0 Å². The molecule has 3 atom stereocenters. The molecule has 4 aliphatic heterocycles. The van der Waals surface area contributed by atoms with Gasteiger partial charge in [0.15, 0.2) is 0 Å². The molecule has 0 aliphatic carbocycles. The predicted molar refractivity (Wildman–Crippen MR) is 105 cm³/mol. The van der Waals surface area contributed by atoms with Crippen LogP contribution in [0, 0.1) is 0 Å². The molecule has 2 amide bonds. The fraction of sp³-hybridized carbons (Fsp3) is 0.632. The summed E-state index contributed by atoms with van der Waals surface area (Å²) >= 11 is 6.17. The summed E-state index contributed by atoms with van der Waals surface area (Å²) in [7, 11) is 2.26. The normalized spacial score (nSPS) is 33.2. The summed E-state index contributed by atoms with van der Waals surface area (Å²) < 4.78 is 5.88. The highest BCUT2D eigenvalue weighted by molar-refractivity contribution is 6.31. The lowest BCUT2D eigenvalue weighted by Gasteiger charge is -2.48. The molecule has 5 rings (SSSR count). The van der Waals surface area contributed by atoms with Gasteiger partial charge in [-0.05, 0) is 50.9 Å². The monoisotopic (exact) mass is 397 g/mol. The minimum Gasteiger partial charge on any atom is -0.489 e. The Morgan fingerprint density at radius 2 is 1.85 bits per heavy atom. The summed E-state index contributed by atoms with van der Waals surface area (Å²) in [5.74, 6) is 0.760. The van der Waals surface area contributed by atoms with Crippen molar-refractivity contribution in [3.05, 3.63) is 23.2 Å². The quantitative estimate of drug-likeness (QED) is 0.723. The zero-order valence-electron chi connectivity index (χ0n) is 14.9. The second-order valence-corrected chi connectivity index (χ2v) is 8.35. The number of rotatable bonds is 1. The molecular weight excluding hydrogens is 373 g/mol. The van der Waals surface area contributed by atoms with Crippen LogP contribution in [0.3, 0.4) is 0 Å². The Morgan fingerprint density at radius 3 is 2.58 bits per heavy atom. The van der Waals surface area contributed by atoms with E-state index in [9.17, 15) is 4.79 Å². The van der Waals surface area contributed by atoms with Gasteiger partial charge in [0.25, 0.3) is 0 Å². The number of piperidine rings is 2. The van der Waals surface area contributed by atoms with Crippen molar-refractivity contribution < 1.29 is 9.53 Å². The molecule has 0 aromatic heterocycles. The fourth-order valence-electron chi connectivity index (χ4n) is 5.24. The van der Waals surface area contributed by atoms with Crippen LogP contribution in [0.25, 0.3) is 0 Å². The number of carbonyl (C=O) groups is 1. The molecule has 26 heavy (non-hydrogen) atoms. The minimum atomic E-state index is 0. The Labute approximate surface area is 165 Å². The minimum absolute atomic E-state index is 0. The second kappa shape index (κ2) is 6.77. The lowest BCUT2D eigenvalue weighted by molar-refractivity contribution is 0.0240. The molecule has 0 N–H and O–H groups in total. The Hall–Kier alpha value is -1.17. The van der Waals surface area contributed by atoms with Crippen LogP contribution in [0.1, 0.15) is 32.1 Å². The third-order valence-corrected chi connectivity index (χ3v) is 6.83. The van der Waals surface area contributed by atoms with Gasteiger partial charge in [0.1, 0.15) is 12.4 Å². The van der Waals surface area contributed by atoms with E-state index in [1.165, 1.54) is 19.3 Å². The van der Waals surface area contributed by atoms with Crippen molar-refractivity contribution in [3.8, 4) is 5.75 Å². The lowest BCUT2D eigenvalue weighted by atomic mass is 9.82. The van der Waals surface area contributed by atoms with E-state index in [1.54, 1.807) is 0 Å². The van der Waals surface area contributed by atoms with Crippen molar-refractivity contribution >= 4 is 35.7 Å². The maximum atomic E-state index is 13.3. The van der Waals surface area contributed by atoms with Crippen LogP contribution < -0.4 is 9.64 Å². The van der Waals surface area contributed by atoms with Crippen LogP contribution in [0.5, 0.6) is 5.75 Å². The molecule has 1 aromatic carbocycles. The summed E-state index contributed by atoms with van der Waals surface area (Å²) in [5, 5.41) is 0.642. The van der Waals surface area contributed by atoms with E-state index in [-0.39, 0.29) is 24.5 Å². The van der Waals surface area contributed by atoms with Crippen molar-refractivity contribution in [1.29, 1.82) is 0 Å². The van der Waals surface area contributed by atoms with Gasteiger partial charge in [0.2, 0.25) is 0 Å². The van der Waals surface area contributed by atoms with E-state index in [0.717, 1.165) is 30.8 Å². The first-order valence-corrected chi connectivity index (χ1v) is 9.73. The van der Waals surface area contributed by atoms with E-state index in [1.807, 2.05) is 23.1 Å². The maximum Gasteiger partial charge on any atom is 0.325 e. The van der Waals surface area contributed by atoms with Gasteiger partial charge in [0, 0.05) is 29.7 Å². The highest BCUT2D eigenvalue weighted by atomic mass is 35.5. The smallest absolute Gasteiger partial charge is 0.325 e. The molecule has 3 saturated heterocycles. The molecule has 0 radical (unpaired) electrons. The first-order chi connectivity index (χ1) is 12.1. The van der Waals surface area contributed by atoms with Crippen LogP contribution in [0.15, 0.2) is 18.2 Å². The highest BCUT2D eigenvalue weighted by Crippen LogP contribution is 2.42. The number of hydrogen-bond donors (Lipinski definition) is 0. The summed E-state index contributed by atoms with van der Waals surface area (Å²) in [6, 6.07) is 7.37. The van der Waals surface area contributed by atoms with Gasteiger partial charge >= 0.3 is 6.03 Å². The van der Waals surface area contributed by atoms with Crippen molar-refractivity contribution in [2.24, 2.45) is 0 Å². The molecule has 3 fully saturated rings. The SMILES string of the molecule is CN1C2CCCC1CC(N1CC3COc4ccc(Cl)cc4N3C1=O)C2.Cl. The van der Waals surface area contributed by atoms with Gasteiger partial charge < -0.3 is 14.5 Å². The van der Waals surface area contributed by atoms with Gasteiger partial charge in [-0.2, -0.15) is 0 Å². The molecular formula is C19H25Cl2N3O2. The zero-order chi connectivity index (χ0) is 17.1. The average molecular weight is 398 g/mol. The molecule has 4 heterocycles. The first-order valence-electron chi connectivity index (χ1n) is 9.36. The van der Waals surface area contributed by atoms with Gasteiger partial charge in [-0.3, -0.25) is 4.90 Å². The van der Waals surface area contributed by atoms with Gasteiger partial charge in [0.05, 0.1) is 11.7 Å². The predicted octanol–water partition coefficient (Wildman–Crippen LogP) is 3.78. The number of ether oxygens (including phenoxy) is 1. The van der Waals surface area contributed by atoms with Crippen LogP contribution in [-0.4, -0.2) is 60.2 Å². The molecule has 5 nitrogen and oxygen atoms in total. The van der Waals surface area contributed by atoms with E-state index >= 15 is 0 Å². The Bertz CT molecular complexity index is 702. The number of anilines is 1. The summed E-state index contributed by atoms with van der Waals surface area (Å²) in [6.45, 7) is 1.33. The molecule has 3 unspecified atom stereocenters. The molecule has 0 spiro atoms. The summed E-state index contributed by atoms with van der Waals surface area (Å²) in [5.41, 5.74) is 0.823. The molecule has 0 saturated carbocycles. The third-order valence-electron chi connectivity index (χ3n) is 6.59. The molecule has 7 heteroatoms. The van der Waals surface area contributed by atoms with Crippen molar-refractivity contribution in [2.45, 2.75) is 56.3 Å². The van der Waals surface area contributed by atoms with E-state index in [2.05, 4.69) is 16.8 Å². The number of benzene rings is 1. The van der Waals surface area contributed by atoms with E-state index in [4.69, 9.17) is 16.3 Å². The molecule has 2 bridgehead atoms. The number of halogens is 2. The van der Waals surface area contributed by atoms with Crippen LogP contribution in [0.4, 0.5) is 10.5 Å². The van der Waals surface area contributed by atoms with Crippen molar-refractivity contribution in [3.63, 3.8) is 0 Å². The van der Waals surface area contributed by atoms with Gasteiger partial charge in [-0.25, -0.2) is 4.79 Å². The highest BCUT2D eigenvalue weighted by Gasteiger charge is 2.47. The number of fused-ring (bicyclic) bond motifs is 5. The number of amides is 2. The third kappa shape index (κ3) is 2.76. The largest absolute Gasteiger partial charge is 0.489 e. The standard InChI is InChI=1S/C19H24ClN3O2.ClH/c1-21-13-3-2-4-14(21)9-15(8-13)22-10-16-11-25-18-6-5-12(20)7-17(18)23(16)19(22)24;/h5-7,13-16H,2-4,8-11H2,1H3;1H. The second-order valence-electron chi connectivity index (χ2n) is 7.91.